The van der Waals surface area contributed by atoms with E-state index < -0.39 is 0 Å². The van der Waals surface area contributed by atoms with E-state index in [4.69, 9.17) is 0 Å². The predicted octanol–water partition coefficient (Wildman–Crippen LogP) is 3.56. The van der Waals surface area contributed by atoms with Gasteiger partial charge in [-0.15, -0.1) is 11.3 Å². The fourth-order valence-electron chi connectivity index (χ4n) is 2.17. The van der Waals surface area contributed by atoms with E-state index in [-0.39, 0.29) is 5.91 Å². The molecule has 0 spiro atoms. The van der Waals surface area contributed by atoms with Crippen molar-refractivity contribution >= 4 is 33.1 Å². The molecule has 0 aliphatic rings. The van der Waals surface area contributed by atoms with Crippen LogP contribution in [0.3, 0.4) is 0 Å². The number of hydrogen-bond donors (Lipinski definition) is 1. The Bertz CT molecular complexity index is 780. The Labute approximate surface area is 120 Å². The average molecular weight is 283 g/mol. The van der Waals surface area contributed by atoms with Crippen molar-refractivity contribution in [2.75, 3.05) is 5.32 Å². The SMILES string of the molecule is Cc1cc(C)c2c(NC(=O)c3cccnc3)csc2n1. The largest absolute Gasteiger partial charge is 0.321 e. The van der Waals surface area contributed by atoms with Crippen LogP contribution in [-0.4, -0.2) is 15.9 Å². The summed E-state index contributed by atoms with van der Waals surface area (Å²) in [6, 6.07) is 5.51. The molecule has 0 radical (unpaired) electrons. The molecule has 1 amide bonds. The van der Waals surface area contributed by atoms with E-state index in [0.29, 0.717) is 5.56 Å². The summed E-state index contributed by atoms with van der Waals surface area (Å²) >= 11 is 1.54. The number of nitrogens with zero attached hydrogens (tertiary/aromatic N) is 2. The highest BCUT2D eigenvalue weighted by Gasteiger charge is 2.12. The molecule has 0 fully saturated rings. The van der Waals surface area contributed by atoms with Gasteiger partial charge in [0.05, 0.1) is 11.3 Å². The number of carbonyl (C=O) groups excluding carboxylic acids is 1. The Hall–Kier alpha value is -2.27. The fraction of sp³-hybridized carbons (Fsp3) is 0.133. The zero-order valence-electron chi connectivity index (χ0n) is 11.2. The van der Waals surface area contributed by atoms with Crippen LogP contribution in [0.2, 0.25) is 0 Å². The molecule has 0 bridgehead atoms. The zero-order valence-corrected chi connectivity index (χ0v) is 12.0. The molecule has 0 saturated carbocycles. The number of hydrogen-bond acceptors (Lipinski definition) is 4. The Morgan fingerprint density at radius 3 is 2.95 bits per heavy atom. The summed E-state index contributed by atoms with van der Waals surface area (Å²) in [5, 5.41) is 5.87. The molecule has 0 unspecified atom stereocenters. The van der Waals surface area contributed by atoms with Crippen LogP contribution in [-0.2, 0) is 0 Å². The number of carbonyl (C=O) groups is 1. The van der Waals surface area contributed by atoms with Crippen LogP contribution in [0.15, 0.2) is 36.0 Å². The number of rotatable bonds is 2. The standard InChI is InChI=1S/C15H13N3OS/c1-9-6-10(2)17-15-13(9)12(8-20-15)18-14(19)11-4-3-5-16-7-11/h3-8H,1-2H3,(H,18,19). The van der Waals surface area contributed by atoms with Crippen LogP contribution >= 0.6 is 11.3 Å². The summed E-state index contributed by atoms with van der Waals surface area (Å²) < 4.78 is 0. The first-order chi connectivity index (χ1) is 9.65. The lowest BCUT2D eigenvalue weighted by molar-refractivity contribution is 0.102. The summed E-state index contributed by atoms with van der Waals surface area (Å²) in [6.45, 7) is 4.00. The Balaban J connectivity index is 1.98. The number of aryl methyl sites for hydroxylation is 2. The van der Waals surface area contributed by atoms with Crippen LogP contribution in [0.4, 0.5) is 5.69 Å². The third-order valence-corrected chi connectivity index (χ3v) is 3.91. The van der Waals surface area contributed by atoms with Gasteiger partial charge in [0.25, 0.3) is 5.91 Å². The molecule has 5 heteroatoms. The predicted molar refractivity (Wildman–Crippen MR) is 81.3 cm³/mol. The second-order valence-electron chi connectivity index (χ2n) is 4.61. The van der Waals surface area contributed by atoms with Crippen molar-refractivity contribution in [3.8, 4) is 0 Å². The molecule has 3 heterocycles. The topological polar surface area (TPSA) is 54.9 Å². The lowest BCUT2D eigenvalue weighted by Gasteiger charge is -2.05. The van der Waals surface area contributed by atoms with Crippen molar-refractivity contribution in [2.45, 2.75) is 13.8 Å². The molecule has 0 aliphatic heterocycles. The smallest absolute Gasteiger partial charge is 0.257 e. The third-order valence-electron chi connectivity index (χ3n) is 3.04. The Morgan fingerprint density at radius 2 is 2.20 bits per heavy atom. The molecular weight excluding hydrogens is 270 g/mol. The van der Waals surface area contributed by atoms with Gasteiger partial charge < -0.3 is 5.32 Å². The lowest BCUT2D eigenvalue weighted by Crippen LogP contribution is -2.11. The second kappa shape index (κ2) is 5.02. The normalized spacial score (nSPS) is 10.7. The third kappa shape index (κ3) is 2.28. The molecule has 20 heavy (non-hydrogen) atoms. The summed E-state index contributed by atoms with van der Waals surface area (Å²) in [6.07, 6.45) is 3.20. The van der Waals surface area contributed by atoms with Crippen LogP contribution in [0, 0.1) is 13.8 Å². The van der Waals surface area contributed by atoms with Crippen molar-refractivity contribution in [3.05, 3.63) is 52.8 Å². The molecule has 0 saturated heterocycles. The van der Waals surface area contributed by atoms with E-state index in [1.54, 1.807) is 24.5 Å². The first-order valence-corrected chi connectivity index (χ1v) is 7.10. The summed E-state index contributed by atoms with van der Waals surface area (Å²) in [4.78, 5) is 21.6. The summed E-state index contributed by atoms with van der Waals surface area (Å²) in [5.41, 5.74) is 3.46. The number of anilines is 1. The van der Waals surface area contributed by atoms with Crippen molar-refractivity contribution in [1.29, 1.82) is 0 Å². The molecule has 0 atom stereocenters. The number of aromatic nitrogens is 2. The molecule has 3 aromatic rings. The molecule has 4 nitrogen and oxygen atoms in total. The number of fused-ring (bicyclic) bond motifs is 1. The first-order valence-electron chi connectivity index (χ1n) is 6.22. The zero-order chi connectivity index (χ0) is 14.1. The van der Waals surface area contributed by atoms with Crippen molar-refractivity contribution < 1.29 is 4.79 Å². The minimum atomic E-state index is -0.155. The number of pyridine rings is 2. The maximum absolute atomic E-state index is 12.2. The molecular formula is C15H13N3OS. The van der Waals surface area contributed by atoms with Crippen molar-refractivity contribution in [2.24, 2.45) is 0 Å². The summed E-state index contributed by atoms with van der Waals surface area (Å²) in [5.74, 6) is -0.155. The van der Waals surface area contributed by atoms with Gasteiger partial charge in [-0.1, -0.05) is 0 Å². The lowest BCUT2D eigenvalue weighted by atomic mass is 10.1. The minimum absolute atomic E-state index is 0.155. The van der Waals surface area contributed by atoms with E-state index in [1.165, 1.54) is 11.3 Å². The summed E-state index contributed by atoms with van der Waals surface area (Å²) in [7, 11) is 0. The Morgan fingerprint density at radius 1 is 1.35 bits per heavy atom. The van der Waals surface area contributed by atoms with Crippen LogP contribution < -0.4 is 5.32 Å². The number of thiophene rings is 1. The van der Waals surface area contributed by atoms with Crippen molar-refractivity contribution in [3.63, 3.8) is 0 Å². The van der Waals surface area contributed by atoms with Crippen LogP contribution in [0.1, 0.15) is 21.6 Å². The van der Waals surface area contributed by atoms with Crippen LogP contribution in [0.25, 0.3) is 10.2 Å². The maximum Gasteiger partial charge on any atom is 0.257 e. The number of amides is 1. The van der Waals surface area contributed by atoms with E-state index in [2.05, 4.69) is 15.3 Å². The molecule has 3 aromatic heterocycles. The number of nitrogens with one attached hydrogen (secondary N) is 1. The first kappa shape index (κ1) is 12.7. The van der Waals surface area contributed by atoms with Gasteiger partial charge in [0.15, 0.2) is 0 Å². The highest BCUT2D eigenvalue weighted by atomic mass is 32.1. The monoisotopic (exact) mass is 283 g/mol. The van der Waals surface area contributed by atoms with Gasteiger partial charge >= 0.3 is 0 Å². The fourth-order valence-corrected chi connectivity index (χ4v) is 3.16. The van der Waals surface area contributed by atoms with Gasteiger partial charge in [0, 0.05) is 28.9 Å². The van der Waals surface area contributed by atoms with Gasteiger partial charge in [-0.05, 0) is 37.6 Å². The molecule has 0 aromatic carbocycles. The van der Waals surface area contributed by atoms with Gasteiger partial charge in [-0.25, -0.2) is 4.98 Å². The quantitative estimate of drug-likeness (QED) is 0.782. The van der Waals surface area contributed by atoms with E-state index in [9.17, 15) is 4.79 Å². The van der Waals surface area contributed by atoms with E-state index in [0.717, 1.165) is 27.2 Å². The highest BCUT2D eigenvalue weighted by molar-refractivity contribution is 7.17. The van der Waals surface area contributed by atoms with Gasteiger partial charge in [0.2, 0.25) is 0 Å². The van der Waals surface area contributed by atoms with Gasteiger partial charge in [-0.2, -0.15) is 0 Å². The maximum atomic E-state index is 12.2. The second-order valence-corrected chi connectivity index (χ2v) is 5.46. The van der Waals surface area contributed by atoms with Crippen LogP contribution in [0.5, 0.6) is 0 Å². The van der Waals surface area contributed by atoms with Gasteiger partial charge in [0.1, 0.15) is 4.83 Å². The minimum Gasteiger partial charge on any atom is -0.321 e. The molecule has 0 aliphatic carbocycles. The molecule has 3 rings (SSSR count). The van der Waals surface area contributed by atoms with E-state index in [1.807, 2.05) is 25.3 Å². The van der Waals surface area contributed by atoms with Gasteiger partial charge in [-0.3, -0.25) is 9.78 Å². The highest BCUT2D eigenvalue weighted by Crippen LogP contribution is 2.32. The Kier molecular flexibility index (Phi) is 3.20. The molecule has 1 N–H and O–H groups in total. The van der Waals surface area contributed by atoms with E-state index >= 15 is 0 Å². The van der Waals surface area contributed by atoms with Crippen molar-refractivity contribution in [1.82, 2.24) is 9.97 Å². The average Bonchev–Trinajstić information content (AvgIpc) is 2.82. The molecule has 100 valence electrons.